The Labute approximate surface area is 138 Å². The van der Waals surface area contributed by atoms with Crippen LogP contribution in [0.4, 0.5) is 5.69 Å². The Morgan fingerprint density at radius 3 is 2.57 bits per heavy atom. The third-order valence-electron chi connectivity index (χ3n) is 4.81. The number of hydrogen-bond donors (Lipinski definition) is 1. The monoisotopic (exact) mass is 317 g/mol. The van der Waals surface area contributed by atoms with E-state index in [0.29, 0.717) is 5.92 Å². The van der Waals surface area contributed by atoms with Crippen LogP contribution in [0.25, 0.3) is 0 Å². The van der Waals surface area contributed by atoms with Crippen LogP contribution >= 0.6 is 0 Å². The number of piperazine rings is 1. The average molecular weight is 317 g/mol. The Kier molecular flexibility index (Phi) is 5.39. The van der Waals surface area contributed by atoms with Gasteiger partial charge >= 0.3 is 0 Å². The van der Waals surface area contributed by atoms with Crippen molar-refractivity contribution in [2.75, 3.05) is 50.8 Å². The first-order valence-electron chi connectivity index (χ1n) is 8.66. The largest absolute Gasteiger partial charge is 0.493 e. The van der Waals surface area contributed by atoms with E-state index in [1.807, 2.05) is 4.90 Å². The SMILES string of the molecule is CC(=O)N1CCN(c2ccc(OCC3CCCNC3)cc2)CC1. The maximum Gasteiger partial charge on any atom is 0.219 e. The Hall–Kier alpha value is -1.75. The molecule has 5 nitrogen and oxygen atoms in total. The summed E-state index contributed by atoms with van der Waals surface area (Å²) in [5, 5.41) is 3.42. The number of ether oxygens (including phenoxy) is 1. The highest BCUT2D eigenvalue weighted by Gasteiger charge is 2.19. The van der Waals surface area contributed by atoms with Crippen molar-refractivity contribution in [3.05, 3.63) is 24.3 Å². The average Bonchev–Trinajstić information content (AvgIpc) is 2.61. The van der Waals surface area contributed by atoms with Gasteiger partial charge in [0.25, 0.3) is 0 Å². The molecule has 126 valence electrons. The molecule has 1 aromatic rings. The van der Waals surface area contributed by atoms with Crippen LogP contribution in [0.5, 0.6) is 5.75 Å². The minimum atomic E-state index is 0.172. The quantitative estimate of drug-likeness (QED) is 0.919. The summed E-state index contributed by atoms with van der Waals surface area (Å²) < 4.78 is 5.92. The van der Waals surface area contributed by atoms with Crippen LogP contribution < -0.4 is 15.0 Å². The van der Waals surface area contributed by atoms with E-state index in [0.717, 1.165) is 51.6 Å². The summed E-state index contributed by atoms with van der Waals surface area (Å²) in [6.07, 6.45) is 2.50. The van der Waals surface area contributed by atoms with Crippen molar-refractivity contribution in [1.82, 2.24) is 10.2 Å². The molecule has 0 radical (unpaired) electrons. The second-order valence-corrected chi connectivity index (χ2v) is 6.51. The molecule has 0 spiro atoms. The lowest BCUT2D eigenvalue weighted by atomic mass is 10.0. The smallest absolute Gasteiger partial charge is 0.219 e. The van der Waals surface area contributed by atoms with Crippen LogP contribution in [-0.2, 0) is 4.79 Å². The van der Waals surface area contributed by atoms with Crippen LogP contribution in [0.3, 0.4) is 0 Å². The fraction of sp³-hybridized carbons (Fsp3) is 0.611. The van der Waals surface area contributed by atoms with Gasteiger partial charge in [0.15, 0.2) is 0 Å². The van der Waals surface area contributed by atoms with Crippen molar-refractivity contribution in [3.8, 4) is 5.75 Å². The Morgan fingerprint density at radius 1 is 1.22 bits per heavy atom. The molecule has 23 heavy (non-hydrogen) atoms. The van der Waals surface area contributed by atoms with Gasteiger partial charge in [-0.25, -0.2) is 0 Å². The maximum absolute atomic E-state index is 11.4. The number of rotatable bonds is 4. The van der Waals surface area contributed by atoms with E-state index in [2.05, 4.69) is 34.5 Å². The van der Waals surface area contributed by atoms with Gasteiger partial charge in [-0.2, -0.15) is 0 Å². The third-order valence-corrected chi connectivity index (χ3v) is 4.81. The standard InChI is InChI=1S/C18H27N3O2/c1-15(22)20-9-11-21(12-10-20)17-4-6-18(7-5-17)23-14-16-3-2-8-19-13-16/h4-7,16,19H,2-3,8-14H2,1H3. The molecule has 2 aliphatic rings. The molecule has 1 aromatic carbocycles. The zero-order chi connectivity index (χ0) is 16.1. The predicted molar refractivity (Wildman–Crippen MR) is 92.0 cm³/mol. The van der Waals surface area contributed by atoms with Crippen molar-refractivity contribution in [3.63, 3.8) is 0 Å². The molecular formula is C18H27N3O2. The lowest BCUT2D eigenvalue weighted by Gasteiger charge is -2.35. The highest BCUT2D eigenvalue weighted by atomic mass is 16.5. The molecule has 2 saturated heterocycles. The van der Waals surface area contributed by atoms with E-state index in [9.17, 15) is 4.79 Å². The number of benzene rings is 1. The van der Waals surface area contributed by atoms with Crippen molar-refractivity contribution >= 4 is 11.6 Å². The predicted octanol–water partition coefficient (Wildman–Crippen LogP) is 1.73. The maximum atomic E-state index is 11.4. The lowest BCUT2D eigenvalue weighted by molar-refractivity contribution is -0.129. The van der Waals surface area contributed by atoms with E-state index < -0.39 is 0 Å². The normalized spacial score (nSPS) is 22.0. The molecule has 3 rings (SSSR count). The van der Waals surface area contributed by atoms with Crippen LogP contribution in [-0.4, -0.2) is 56.7 Å². The van der Waals surface area contributed by atoms with E-state index in [-0.39, 0.29) is 5.91 Å². The Morgan fingerprint density at radius 2 is 1.96 bits per heavy atom. The molecule has 0 saturated carbocycles. The van der Waals surface area contributed by atoms with Crippen LogP contribution in [0, 0.1) is 5.92 Å². The summed E-state index contributed by atoms with van der Waals surface area (Å²) in [6.45, 7) is 8.06. The van der Waals surface area contributed by atoms with E-state index in [1.165, 1.54) is 18.5 Å². The molecule has 1 N–H and O–H groups in total. The molecule has 0 bridgehead atoms. The molecule has 5 heteroatoms. The number of carbonyl (C=O) groups excluding carboxylic acids is 1. The highest BCUT2D eigenvalue weighted by molar-refractivity contribution is 5.73. The molecule has 1 amide bonds. The number of piperidine rings is 1. The van der Waals surface area contributed by atoms with E-state index in [1.54, 1.807) is 6.92 Å². The third kappa shape index (κ3) is 4.38. The number of nitrogens with zero attached hydrogens (tertiary/aromatic N) is 2. The number of hydrogen-bond acceptors (Lipinski definition) is 4. The molecular weight excluding hydrogens is 290 g/mol. The van der Waals surface area contributed by atoms with Gasteiger partial charge in [0, 0.05) is 51.3 Å². The molecule has 0 aromatic heterocycles. The molecule has 2 heterocycles. The summed E-state index contributed by atoms with van der Waals surface area (Å²) in [4.78, 5) is 15.6. The lowest BCUT2D eigenvalue weighted by Crippen LogP contribution is -2.48. The van der Waals surface area contributed by atoms with E-state index >= 15 is 0 Å². The van der Waals surface area contributed by atoms with Gasteiger partial charge in [0.2, 0.25) is 5.91 Å². The van der Waals surface area contributed by atoms with Crippen molar-refractivity contribution in [2.45, 2.75) is 19.8 Å². The first-order chi connectivity index (χ1) is 11.2. The van der Waals surface area contributed by atoms with Crippen LogP contribution in [0.2, 0.25) is 0 Å². The Bertz CT molecular complexity index is 504. The fourth-order valence-electron chi connectivity index (χ4n) is 3.31. The Balaban J connectivity index is 1.48. The minimum Gasteiger partial charge on any atom is -0.493 e. The minimum absolute atomic E-state index is 0.172. The first-order valence-corrected chi connectivity index (χ1v) is 8.66. The second-order valence-electron chi connectivity index (χ2n) is 6.51. The molecule has 0 aliphatic carbocycles. The molecule has 1 atom stereocenters. The fourth-order valence-corrected chi connectivity index (χ4v) is 3.31. The zero-order valence-corrected chi connectivity index (χ0v) is 14.0. The van der Waals surface area contributed by atoms with Crippen LogP contribution in [0.1, 0.15) is 19.8 Å². The number of carbonyl (C=O) groups is 1. The van der Waals surface area contributed by atoms with Crippen molar-refractivity contribution in [2.24, 2.45) is 5.92 Å². The number of amides is 1. The van der Waals surface area contributed by atoms with Crippen LogP contribution in [0.15, 0.2) is 24.3 Å². The van der Waals surface area contributed by atoms with E-state index in [4.69, 9.17) is 4.74 Å². The topological polar surface area (TPSA) is 44.8 Å². The van der Waals surface area contributed by atoms with Gasteiger partial charge in [0.05, 0.1) is 6.61 Å². The number of anilines is 1. The van der Waals surface area contributed by atoms with Gasteiger partial charge in [-0.15, -0.1) is 0 Å². The summed E-state index contributed by atoms with van der Waals surface area (Å²) in [7, 11) is 0. The van der Waals surface area contributed by atoms with Gasteiger partial charge in [-0.3, -0.25) is 4.79 Å². The summed E-state index contributed by atoms with van der Waals surface area (Å²) in [6, 6.07) is 8.36. The molecule has 2 aliphatic heterocycles. The van der Waals surface area contributed by atoms with Gasteiger partial charge in [-0.1, -0.05) is 0 Å². The van der Waals surface area contributed by atoms with Gasteiger partial charge in [-0.05, 0) is 43.7 Å². The zero-order valence-electron chi connectivity index (χ0n) is 14.0. The highest BCUT2D eigenvalue weighted by Crippen LogP contribution is 2.22. The van der Waals surface area contributed by atoms with Gasteiger partial charge in [0.1, 0.15) is 5.75 Å². The first kappa shape index (κ1) is 16.1. The summed E-state index contributed by atoms with van der Waals surface area (Å²) in [5.74, 6) is 1.75. The molecule has 1 unspecified atom stereocenters. The number of nitrogens with one attached hydrogen (secondary N) is 1. The second kappa shape index (κ2) is 7.68. The van der Waals surface area contributed by atoms with Crippen molar-refractivity contribution < 1.29 is 9.53 Å². The summed E-state index contributed by atoms with van der Waals surface area (Å²) >= 11 is 0. The van der Waals surface area contributed by atoms with Crippen molar-refractivity contribution in [1.29, 1.82) is 0 Å². The molecule has 2 fully saturated rings. The summed E-state index contributed by atoms with van der Waals surface area (Å²) in [5.41, 5.74) is 1.21. The van der Waals surface area contributed by atoms with Gasteiger partial charge < -0.3 is 19.9 Å².